The van der Waals surface area contributed by atoms with Crippen LogP contribution in [0.3, 0.4) is 0 Å². The smallest absolute Gasteiger partial charge is 0.289 e. The number of benzene rings is 1. The maximum absolute atomic E-state index is 13.0. The zero-order valence-corrected chi connectivity index (χ0v) is 16.0. The van der Waals surface area contributed by atoms with Gasteiger partial charge < -0.3 is 5.32 Å². The normalized spacial score (nSPS) is 21.5. The van der Waals surface area contributed by atoms with Crippen LogP contribution in [0.25, 0.3) is 0 Å². The number of anilines is 1. The minimum atomic E-state index is -3.75. The summed E-state index contributed by atoms with van der Waals surface area (Å²) in [6.45, 7) is 3.40. The van der Waals surface area contributed by atoms with Gasteiger partial charge in [-0.2, -0.15) is 4.31 Å². The molecule has 10 heteroatoms. The molecule has 2 heterocycles. The van der Waals surface area contributed by atoms with Crippen LogP contribution in [-0.4, -0.2) is 59.6 Å². The summed E-state index contributed by atoms with van der Waals surface area (Å²) in [5, 5.41) is 2.31. The van der Waals surface area contributed by atoms with Crippen LogP contribution >= 0.6 is 11.8 Å². The molecular weight excluding hydrogens is 378 g/mol. The number of hydrogen-bond donors (Lipinski definition) is 1. The first-order valence-electron chi connectivity index (χ1n) is 8.07. The van der Waals surface area contributed by atoms with E-state index in [4.69, 9.17) is 0 Å². The van der Waals surface area contributed by atoms with Crippen LogP contribution < -0.4 is 5.32 Å². The summed E-state index contributed by atoms with van der Waals surface area (Å²) < 4.78 is 27.2. The van der Waals surface area contributed by atoms with Crippen LogP contribution in [0.2, 0.25) is 0 Å². The number of amides is 3. The first-order chi connectivity index (χ1) is 12.2. The van der Waals surface area contributed by atoms with Gasteiger partial charge in [-0.15, -0.1) is 0 Å². The number of carbonyl (C=O) groups is 3. The number of carbonyl (C=O) groups excluding carboxylic acids is 3. The summed E-state index contributed by atoms with van der Waals surface area (Å²) in [5.41, 5.74) is 1.04. The number of nitrogens with one attached hydrogen (secondary N) is 1. The Hall–Kier alpha value is -1.91. The van der Waals surface area contributed by atoms with Crippen LogP contribution in [0.5, 0.6) is 0 Å². The minimum Gasteiger partial charge on any atom is -0.326 e. The summed E-state index contributed by atoms with van der Waals surface area (Å²) in [5.74, 6) is -0.383. The van der Waals surface area contributed by atoms with Gasteiger partial charge in [-0.1, -0.05) is 11.8 Å². The lowest BCUT2D eigenvalue weighted by Crippen LogP contribution is -2.41. The Morgan fingerprint density at radius 3 is 2.62 bits per heavy atom. The molecule has 1 N–H and O–H groups in total. The molecule has 2 fully saturated rings. The lowest BCUT2D eigenvalue weighted by molar-refractivity contribution is -0.126. The molecule has 0 saturated carbocycles. The summed E-state index contributed by atoms with van der Waals surface area (Å²) in [6.07, 6.45) is 0.431. The summed E-state index contributed by atoms with van der Waals surface area (Å²) in [4.78, 5) is 36.2. The number of thioether (sulfide) groups is 1. The first-order valence-corrected chi connectivity index (χ1v) is 10.5. The Balaban J connectivity index is 1.80. The van der Waals surface area contributed by atoms with E-state index in [2.05, 4.69) is 5.32 Å². The zero-order chi connectivity index (χ0) is 19.1. The van der Waals surface area contributed by atoms with E-state index in [1.807, 2.05) is 0 Å². The third-order valence-electron chi connectivity index (χ3n) is 4.39. The molecule has 0 aliphatic carbocycles. The molecule has 1 aromatic rings. The van der Waals surface area contributed by atoms with Crippen LogP contribution in [0, 0.1) is 6.92 Å². The van der Waals surface area contributed by atoms with E-state index < -0.39 is 16.1 Å². The van der Waals surface area contributed by atoms with Gasteiger partial charge in [-0.3, -0.25) is 19.3 Å². The highest BCUT2D eigenvalue weighted by Gasteiger charge is 2.42. The number of imide groups is 1. The standard InChI is InChI=1S/C16H19N3O5S2/c1-10-7-12(17-11(2)20)3-4-14(10)26(23,24)18-6-5-13(8-18)19-15(21)9-25-16(19)22/h3-4,7,13H,5-6,8-9H2,1-2H3,(H,17,20). The van der Waals surface area contributed by atoms with Crippen molar-refractivity contribution in [2.24, 2.45) is 0 Å². The maximum Gasteiger partial charge on any atom is 0.289 e. The fourth-order valence-corrected chi connectivity index (χ4v) is 5.69. The summed E-state index contributed by atoms with van der Waals surface area (Å²) in [6, 6.07) is 4.19. The summed E-state index contributed by atoms with van der Waals surface area (Å²) in [7, 11) is -3.75. The summed E-state index contributed by atoms with van der Waals surface area (Å²) >= 11 is 0.949. The average molecular weight is 397 g/mol. The third-order valence-corrected chi connectivity index (χ3v) is 7.25. The van der Waals surface area contributed by atoms with Crippen LogP contribution in [0.1, 0.15) is 18.9 Å². The second-order valence-electron chi connectivity index (χ2n) is 6.29. The van der Waals surface area contributed by atoms with Gasteiger partial charge in [0.2, 0.25) is 21.8 Å². The molecule has 2 aliphatic rings. The van der Waals surface area contributed by atoms with E-state index in [0.29, 0.717) is 17.7 Å². The van der Waals surface area contributed by atoms with Crippen LogP contribution in [-0.2, 0) is 19.6 Å². The number of sulfonamides is 1. The molecule has 8 nitrogen and oxygen atoms in total. The molecule has 26 heavy (non-hydrogen) atoms. The van der Waals surface area contributed by atoms with Gasteiger partial charge in [0.25, 0.3) is 5.24 Å². The van der Waals surface area contributed by atoms with Crippen molar-refractivity contribution in [3.8, 4) is 0 Å². The van der Waals surface area contributed by atoms with Crippen molar-refractivity contribution in [2.45, 2.75) is 31.2 Å². The van der Waals surface area contributed by atoms with Crippen LogP contribution in [0.4, 0.5) is 10.5 Å². The fourth-order valence-electron chi connectivity index (χ4n) is 3.22. The van der Waals surface area contributed by atoms with Crippen molar-refractivity contribution in [1.82, 2.24) is 9.21 Å². The molecule has 0 radical (unpaired) electrons. The van der Waals surface area contributed by atoms with Gasteiger partial charge in [0.05, 0.1) is 16.7 Å². The van der Waals surface area contributed by atoms with Gasteiger partial charge in [-0.05, 0) is 37.1 Å². The molecule has 0 spiro atoms. The van der Waals surface area contributed by atoms with E-state index in [9.17, 15) is 22.8 Å². The van der Waals surface area contributed by atoms with E-state index in [1.165, 1.54) is 22.2 Å². The number of aryl methyl sites for hydroxylation is 1. The van der Waals surface area contributed by atoms with Crippen molar-refractivity contribution in [2.75, 3.05) is 24.2 Å². The zero-order valence-electron chi connectivity index (χ0n) is 14.4. The van der Waals surface area contributed by atoms with Crippen molar-refractivity contribution in [1.29, 1.82) is 0 Å². The molecule has 2 aliphatic heterocycles. The SMILES string of the molecule is CC(=O)Nc1ccc(S(=O)(=O)N2CCC(N3C(=O)CSC3=O)C2)c(C)c1. The first kappa shape index (κ1) is 18.9. The molecule has 1 atom stereocenters. The molecule has 0 aromatic heterocycles. The van der Waals surface area contributed by atoms with E-state index in [0.717, 1.165) is 11.8 Å². The van der Waals surface area contributed by atoms with Crippen molar-refractivity contribution < 1.29 is 22.8 Å². The fraction of sp³-hybridized carbons (Fsp3) is 0.438. The highest BCUT2D eigenvalue weighted by atomic mass is 32.2. The highest BCUT2D eigenvalue weighted by Crippen LogP contribution is 2.30. The molecule has 140 valence electrons. The monoisotopic (exact) mass is 397 g/mol. The predicted molar refractivity (Wildman–Crippen MR) is 97.3 cm³/mol. The molecule has 3 rings (SSSR count). The molecule has 0 bridgehead atoms. The highest BCUT2D eigenvalue weighted by molar-refractivity contribution is 8.14. The Morgan fingerprint density at radius 2 is 2.04 bits per heavy atom. The number of nitrogens with zero attached hydrogens (tertiary/aromatic N) is 2. The Bertz CT molecular complexity index is 868. The quantitative estimate of drug-likeness (QED) is 0.824. The van der Waals surface area contributed by atoms with Gasteiger partial charge in [0.1, 0.15) is 0 Å². The van der Waals surface area contributed by atoms with E-state index in [-0.39, 0.29) is 40.8 Å². The van der Waals surface area contributed by atoms with Crippen LogP contribution in [0.15, 0.2) is 23.1 Å². The predicted octanol–water partition coefficient (Wildman–Crippen LogP) is 1.41. The second-order valence-corrected chi connectivity index (χ2v) is 9.12. The lowest BCUT2D eigenvalue weighted by Gasteiger charge is -2.22. The lowest BCUT2D eigenvalue weighted by atomic mass is 10.2. The average Bonchev–Trinajstić information content (AvgIpc) is 3.13. The maximum atomic E-state index is 13.0. The largest absolute Gasteiger partial charge is 0.326 e. The minimum absolute atomic E-state index is 0.104. The van der Waals surface area contributed by atoms with E-state index >= 15 is 0 Å². The molecule has 3 amide bonds. The van der Waals surface area contributed by atoms with Crippen molar-refractivity contribution in [3.05, 3.63) is 23.8 Å². The van der Waals surface area contributed by atoms with Crippen molar-refractivity contribution >= 4 is 44.5 Å². The Morgan fingerprint density at radius 1 is 1.31 bits per heavy atom. The molecule has 1 unspecified atom stereocenters. The molecular formula is C16H19N3O5S2. The van der Waals surface area contributed by atoms with Gasteiger partial charge in [-0.25, -0.2) is 8.42 Å². The Labute approximate surface area is 156 Å². The van der Waals surface area contributed by atoms with Gasteiger partial charge in [0.15, 0.2) is 0 Å². The van der Waals surface area contributed by atoms with Crippen molar-refractivity contribution in [3.63, 3.8) is 0 Å². The second kappa shape index (κ2) is 7.01. The van der Waals surface area contributed by atoms with E-state index in [1.54, 1.807) is 19.1 Å². The van der Waals surface area contributed by atoms with Gasteiger partial charge in [0, 0.05) is 25.7 Å². The van der Waals surface area contributed by atoms with Gasteiger partial charge >= 0.3 is 0 Å². The third kappa shape index (κ3) is 3.49. The number of hydrogen-bond acceptors (Lipinski definition) is 6. The molecule has 2 saturated heterocycles. The number of rotatable bonds is 4. The topological polar surface area (TPSA) is 104 Å². The molecule has 1 aromatic carbocycles. The Kier molecular flexibility index (Phi) is 5.09.